The summed E-state index contributed by atoms with van der Waals surface area (Å²) in [7, 11) is 0. The zero-order valence-corrected chi connectivity index (χ0v) is 9.00. The maximum absolute atomic E-state index is 11.3. The molecule has 2 nitrogen and oxygen atoms in total. The Balaban J connectivity index is 2.66. The fraction of sp³-hybridized carbons (Fsp3) is 0.667. The first-order chi connectivity index (χ1) is 4.69. The number of carbonyl (C=O) groups excluding carboxylic acids is 1. The maximum atomic E-state index is 11.3. The van der Waals surface area contributed by atoms with Crippen LogP contribution in [0.4, 0.5) is 0 Å². The van der Waals surface area contributed by atoms with E-state index in [2.05, 4.69) is 33.3 Å². The number of hydrogen-bond acceptors (Lipinski definition) is 2. The van der Waals surface area contributed by atoms with Gasteiger partial charge in [0.1, 0.15) is 0 Å². The van der Waals surface area contributed by atoms with Crippen LogP contribution in [0.1, 0.15) is 6.42 Å². The normalized spacial score (nSPS) is 31.7. The molecule has 10 heavy (non-hydrogen) atoms. The van der Waals surface area contributed by atoms with Gasteiger partial charge in [-0.25, -0.2) is 0 Å². The van der Waals surface area contributed by atoms with Gasteiger partial charge in [0.05, 0.1) is 0 Å². The van der Waals surface area contributed by atoms with Gasteiger partial charge < -0.3 is 0 Å². The second-order valence-corrected chi connectivity index (χ2v) is 5.46. The molecule has 0 unspecified atom stereocenters. The van der Waals surface area contributed by atoms with E-state index in [1.807, 2.05) is 0 Å². The Morgan fingerprint density at radius 2 is 2.50 bits per heavy atom. The van der Waals surface area contributed by atoms with Crippen molar-refractivity contribution in [2.24, 2.45) is 0 Å². The van der Waals surface area contributed by atoms with Gasteiger partial charge in [-0.15, -0.1) is 0 Å². The van der Waals surface area contributed by atoms with Gasteiger partial charge in [0.15, 0.2) is 0 Å². The molecule has 0 bridgehead atoms. The van der Waals surface area contributed by atoms with Gasteiger partial charge in [-0.3, -0.25) is 0 Å². The molecule has 1 N–H and O–H groups in total. The summed E-state index contributed by atoms with van der Waals surface area (Å²) in [4.78, 5) is 11.3. The molecule has 1 atom stereocenters. The van der Waals surface area contributed by atoms with Crippen LogP contribution in [0.3, 0.4) is 0 Å². The molecular formula is C6H9AlINO. The third-order valence-corrected chi connectivity index (χ3v) is 4.69. The average Bonchev–Trinajstić information content (AvgIpc) is 2.36. The van der Waals surface area contributed by atoms with E-state index in [9.17, 15) is 4.79 Å². The molecule has 0 aromatic heterocycles. The zero-order chi connectivity index (χ0) is 7.61. The van der Waals surface area contributed by atoms with E-state index in [1.54, 1.807) is 0 Å². The summed E-state index contributed by atoms with van der Waals surface area (Å²) < 4.78 is 0.257. The van der Waals surface area contributed by atoms with E-state index in [0.29, 0.717) is 4.65 Å². The molecule has 0 aromatic rings. The SMILES string of the molecule is [CH2]=[Al][C](=O)[C@]1(I)CCNC1. The molecular weight excluding hydrogens is 256 g/mol. The van der Waals surface area contributed by atoms with Crippen LogP contribution in [-0.4, -0.2) is 41.3 Å². The second kappa shape index (κ2) is 3.44. The van der Waals surface area contributed by atoms with Gasteiger partial charge in [0.2, 0.25) is 0 Å². The minimum atomic E-state index is -0.242. The average molecular weight is 265 g/mol. The Morgan fingerprint density at radius 1 is 1.80 bits per heavy atom. The Kier molecular flexibility index (Phi) is 3.05. The van der Waals surface area contributed by atoms with Crippen molar-refractivity contribution in [1.29, 1.82) is 0 Å². The van der Waals surface area contributed by atoms with E-state index in [-0.39, 0.29) is 18.2 Å². The van der Waals surface area contributed by atoms with Crippen molar-refractivity contribution in [3.63, 3.8) is 0 Å². The van der Waals surface area contributed by atoms with Gasteiger partial charge in [0, 0.05) is 0 Å². The molecule has 0 aliphatic carbocycles. The predicted octanol–water partition coefficient (Wildman–Crippen LogP) is -0.184. The molecule has 0 spiro atoms. The molecule has 1 rings (SSSR count). The van der Waals surface area contributed by atoms with Crippen molar-refractivity contribution in [2.75, 3.05) is 13.1 Å². The molecule has 0 radical (unpaired) electrons. The van der Waals surface area contributed by atoms with Crippen molar-refractivity contribution in [3.05, 3.63) is 0 Å². The van der Waals surface area contributed by atoms with E-state index >= 15 is 0 Å². The van der Waals surface area contributed by atoms with Gasteiger partial charge >= 0.3 is 80.4 Å². The molecule has 54 valence electrons. The standard InChI is InChI=1S/C5H7INO.CH2.Al/c6-5(4-8)1-2-7-3-5;;/h7H,1-3H2;1H2;/t5-;;/m0../s1. The van der Waals surface area contributed by atoms with Crippen LogP contribution < -0.4 is 5.32 Å². The molecule has 4 heteroatoms. The van der Waals surface area contributed by atoms with Gasteiger partial charge in [-0.1, -0.05) is 0 Å². The van der Waals surface area contributed by atoms with E-state index in [0.717, 1.165) is 19.5 Å². The van der Waals surface area contributed by atoms with Gasteiger partial charge in [0.25, 0.3) is 0 Å². The number of halogens is 1. The number of rotatable bonds is 2. The first-order valence-corrected chi connectivity index (χ1v) is 5.73. The zero-order valence-electron chi connectivity index (χ0n) is 5.69. The molecule has 0 aromatic carbocycles. The van der Waals surface area contributed by atoms with Crippen LogP contribution in [0.5, 0.6) is 0 Å². The number of alkyl halides is 1. The van der Waals surface area contributed by atoms with Gasteiger partial charge in [-0.2, -0.15) is 0 Å². The Morgan fingerprint density at radius 3 is 2.90 bits per heavy atom. The van der Waals surface area contributed by atoms with Crippen LogP contribution in [0.2, 0.25) is 0 Å². The van der Waals surface area contributed by atoms with Crippen LogP contribution in [0.15, 0.2) is 0 Å². The first-order valence-electron chi connectivity index (χ1n) is 3.25. The van der Waals surface area contributed by atoms with Crippen molar-refractivity contribution < 1.29 is 4.79 Å². The molecule has 1 heterocycles. The third kappa shape index (κ3) is 1.67. The monoisotopic (exact) mass is 265 g/mol. The first kappa shape index (κ1) is 8.86. The molecule has 1 fully saturated rings. The summed E-state index contributed by atoms with van der Waals surface area (Å²) in [5.41, 5.74) is 0. The summed E-state index contributed by atoms with van der Waals surface area (Å²) in [6.45, 7) is 1.82. The number of hydrogen-bond donors (Lipinski definition) is 1. The fourth-order valence-electron chi connectivity index (χ4n) is 1.05. The molecule has 1 aliphatic rings. The van der Waals surface area contributed by atoms with Crippen LogP contribution in [0.25, 0.3) is 0 Å². The minimum absolute atomic E-state index is 0.102. The summed E-state index contributed by atoms with van der Waals surface area (Å²) in [6, 6.07) is 0. The summed E-state index contributed by atoms with van der Waals surface area (Å²) >= 11 is 2.02. The number of nitrogens with one attached hydrogen (secondary N) is 1. The quantitative estimate of drug-likeness (QED) is 0.426. The Labute approximate surface area is 80.1 Å². The fourth-order valence-corrected chi connectivity index (χ4v) is 2.87. The van der Waals surface area contributed by atoms with Crippen LogP contribution >= 0.6 is 22.6 Å². The van der Waals surface area contributed by atoms with Crippen molar-refractivity contribution in [1.82, 2.24) is 5.32 Å². The summed E-state index contributed by atoms with van der Waals surface area (Å²) in [5.74, 6) is 0. The summed E-state index contributed by atoms with van der Waals surface area (Å²) in [5, 5.41) is 6.86. The second-order valence-electron chi connectivity index (χ2n) is 2.46. The van der Waals surface area contributed by atoms with E-state index < -0.39 is 0 Å². The van der Waals surface area contributed by atoms with Crippen molar-refractivity contribution >= 4 is 47.4 Å². The Bertz CT molecular complexity index is 165. The number of carbonyl (C=O) groups is 1. The predicted molar refractivity (Wildman–Crippen MR) is 52.1 cm³/mol. The molecule has 0 amide bonds. The van der Waals surface area contributed by atoms with Crippen LogP contribution in [-0.2, 0) is 4.79 Å². The van der Waals surface area contributed by atoms with E-state index in [1.165, 1.54) is 0 Å². The molecule has 1 saturated heterocycles. The molecule has 0 saturated carbocycles. The molecule has 1 aliphatic heterocycles. The third-order valence-electron chi connectivity index (χ3n) is 1.73. The Hall–Kier alpha value is 0.762. The van der Waals surface area contributed by atoms with E-state index in [4.69, 9.17) is 0 Å². The van der Waals surface area contributed by atoms with Gasteiger partial charge in [-0.05, 0) is 0 Å². The topological polar surface area (TPSA) is 29.1 Å². The van der Waals surface area contributed by atoms with Crippen molar-refractivity contribution in [3.8, 4) is 0 Å². The summed E-state index contributed by atoms with van der Waals surface area (Å²) in [6.07, 6.45) is 0.981. The van der Waals surface area contributed by atoms with Crippen LogP contribution in [0, 0.1) is 0 Å². The van der Waals surface area contributed by atoms with Crippen molar-refractivity contribution in [2.45, 2.75) is 9.84 Å².